The molecule has 2 aromatic heterocycles. The molecule has 0 aromatic carbocycles. The summed E-state index contributed by atoms with van der Waals surface area (Å²) in [6.45, 7) is 3.90. The van der Waals surface area contributed by atoms with E-state index in [9.17, 15) is 18.0 Å². The number of hydrogen-bond donors (Lipinski definition) is 1. The number of aryl methyl sites for hydroxylation is 1. The topological polar surface area (TPSA) is 106 Å². The van der Waals surface area contributed by atoms with E-state index in [1.165, 1.54) is 6.42 Å². The Bertz CT molecular complexity index is 918. The van der Waals surface area contributed by atoms with E-state index in [1.807, 2.05) is 23.1 Å². The number of pyridine rings is 1. The third kappa shape index (κ3) is 5.33. The molecule has 1 saturated heterocycles. The highest BCUT2D eigenvalue weighted by atomic mass is 19.4. The van der Waals surface area contributed by atoms with Crippen LogP contribution in [0.4, 0.5) is 13.2 Å². The number of likely N-dealkylation sites (tertiary alicyclic amines) is 1. The summed E-state index contributed by atoms with van der Waals surface area (Å²) in [4.78, 5) is 27.7. The summed E-state index contributed by atoms with van der Waals surface area (Å²) in [5.41, 5.74) is 0.430. The second kappa shape index (κ2) is 8.94. The van der Waals surface area contributed by atoms with E-state index in [0.717, 1.165) is 25.9 Å². The van der Waals surface area contributed by atoms with E-state index in [1.54, 1.807) is 19.2 Å². The summed E-state index contributed by atoms with van der Waals surface area (Å²) < 4.78 is 42.7. The number of carboxylic acids is 1. The van der Waals surface area contributed by atoms with Gasteiger partial charge in [-0.2, -0.15) is 13.2 Å². The molecule has 0 radical (unpaired) electrons. The standard InChI is InChI=1S/C18H21N3O3.C2HF3O2/c1-13-9-15(20-24-13)17(22)21-10-14-5-4-7-18(14,11-21)12-23-16-6-2-3-8-19-16;3-2(4,5)1(6)7/h2-3,6,8-9,14H,4-5,7,10-12H2,1H3;(H,6,7)/t14-,18+;/m1./s1. The third-order valence-corrected chi connectivity index (χ3v) is 5.56. The first-order valence-electron chi connectivity index (χ1n) is 9.67. The molecule has 8 nitrogen and oxygen atoms in total. The Morgan fingerprint density at radius 1 is 1.39 bits per heavy atom. The van der Waals surface area contributed by atoms with Crippen molar-refractivity contribution in [2.24, 2.45) is 11.3 Å². The number of alkyl halides is 3. The van der Waals surface area contributed by atoms with E-state index in [4.69, 9.17) is 19.2 Å². The average Bonchev–Trinajstić information content (AvgIpc) is 3.40. The number of halogens is 3. The molecule has 11 heteroatoms. The second-order valence-electron chi connectivity index (χ2n) is 7.72. The van der Waals surface area contributed by atoms with Crippen LogP contribution in [0.3, 0.4) is 0 Å². The van der Waals surface area contributed by atoms with Crippen LogP contribution in [0, 0.1) is 18.3 Å². The first-order valence-corrected chi connectivity index (χ1v) is 9.67. The lowest BCUT2D eigenvalue weighted by Gasteiger charge is -2.28. The van der Waals surface area contributed by atoms with Gasteiger partial charge in [0, 0.05) is 36.8 Å². The Morgan fingerprint density at radius 2 is 2.13 bits per heavy atom. The lowest BCUT2D eigenvalue weighted by Crippen LogP contribution is -2.35. The van der Waals surface area contributed by atoms with Gasteiger partial charge in [-0.1, -0.05) is 17.6 Å². The highest BCUT2D eigenvalue weighted by Crippen LogP contribution is 2.49. The summed E-state index contributed by atoms with van der Waals surface area (Å²) in [6, 6.07) is 7.37. The first-order chi connectivity index (χ1) is 14.6. The quantitative estimate of drug-likeness (QED) is 0.776. The molecule has 1 amide bonds. The molecule has 2 aromatic rings. The number of aliphatic carboxylic acids is 1. The molecule has 2 fully saturated rings. The highest BCUT2D eigenvalue weighted by Gasteiger charge is 2.51. The maximum Gasteiger partial charge on any atom is 0.490 e. The number of amides is 1. The van der Waals surface area contributed by atoms with Crippen LogP contribution < -0.4 is 4.74 Å². The van der Waals surface area contributed by atoms with Crippen molar-refractivity contribution in [3.63, 3.8) is 0 Å². The van der Waals surface area contributed by atoms with Crippen LogP contribution in [0.5, 0.6) is 5.88 Å². The number of rotatable bonds is 4. The van der Waals surface area contributed by atoms with Crippen molar-refractivity contribution in [1.82, 2.24) is 15.0 Å². The Balaban J connectivity index is 0.000000339. The van der Waals surface area contributed by atoms with Crippen molar-refractivity contribution in [3.05, 3.63) is 41.9 Å². The van der Waals surface area contributed by atoms with Crippen LogP contribution in [0.15, 0.2) is 35.0 Å². The molecule has 0 unspecified atom stereocenters. The van der Waals surface area contributed by atoms with E-state index in [0.29, 0.717) is 29.9 Å². The lowest BCUT2D eigenvalue weighted by atomic mass is 9.81. The van der Waals surface area contributed by atoms with Gasteiger partial charge < -0.3 is 19.3 Å². The average molecular weight is 441 g/mol. The van der Waals surface area contributed by atoms with Crippen LogP contribution in [0.1, 0.15) is 35.5 Å². The van der Waals surface area contributed by atoms with Gasteiger partial charge in [0.05, 0.1) is 6.61 Å². The predicted molar refractivity (Wildman–Crippen MR) is 100 cm³/mol. The molecule has 4 rings (SSSR count). The van der Waals surface area contributed by atoms with Crippen molar-refractivity contribution in [2.45, 2.75) is 32.4 Å². The van der Waals surface area contributed by atoms with Gasteiger partial charge in [-0.15, -0.1) is 0 Å². The van der Waals surface area contributed by atoms with Crippen molar-refractivity contribution in [2.75, 3.05) is 19.7 Å². The predicted octanol–water partition coefficient (Wildman–Crippen LogP) is 3.33. The van der Waals surface area contributed by atoms with Crippen molar-refractivity contribution < 1.29 is 37.1 Å². The summed E-state index contributed by atoms with van der Waals surface area (Å²) in [6.07, 6.45) is 0.0805. The number of hydrogen-bond acceptors (Lipinski definition) is 6. The minimum Gasteiger partial charge on any atom is -0.477 e. The maximum atomic E-state index is 12.7. The van der Waals surface area contributed by atoms with E-state index >= 15 is 0 Å². The van der Waals surface area contributed by atoms with Gasteiger partial charge >= 0.3 is 12.1 Å². The van der Waals surface area contributed by atoms with Crippen LogP contribution >= 0.6 is 0 Å². The number of nitrogens with zero attached hydrogens (tertiary/aromatic N) is 3. The van der Waals surface area contributed by atoms with Gasteiger partial charge in [0.1, 0.15) is 5.76 Å². The molecule has 2 aliphatic rings. The molecule has 3 heterocycles. The first kappa shape index (κ1) is 22.6. The van der Waals surface area contributed by atoms with Crippen LogP contribution in [-0.2, 0) is 4.79 Å². The van der Waals surface area contributed by atoms with Gasteiger partial charge in [0.25, 0.3) is 5.91 Å². The summed E-state index contributed by atoms with van der Waals surface area (Å²) in [5.74, 6) is -1.01. The smallest absolute Gasteiger partial charge is 0.477 e. The summed E-state index contributed by atoms with van der Waals surface area (Å²) in [7, 11) is 0. The fourth-order valence-electron chi connectivity index (χ4n) is 4.08. The number of fused-ring (bicyclic) bond motifs is 1. The Hall–Kier alpha value is -3.11. The second-order valence-corrected chi connectivity index (χ2v) is 7.72. The van der Waals surface area contributed by atoms with E-state index in [2.05, 4.69) is 10.1 Å². The Labute approximate surface area is 176 Å². The summed E-state index contributed by atoms with van der Waals surface area (Å²) >= 11 is 0. The molecule has 2 atom stereocenters. The molecule has 168 valence electrons. The number of aromatic nitrogens is 2. The van der Waals surface area contributed by atoms with Gasteiger partial charge in [-0.05, 0) is 31.7 Å². The van der Waals surface area contributed by atoms with E-state index in [-0.39, 0.29) is 11.3 Å². The fourth-order valence-corrected chi connectivity index (χ4v) is 4.08. The molecule has 1 saturated carbocycles. The normalized spacial score (nSPS) is 22.5. The Morgan fingerprint density at radius 3 is 2.71 bits per heavy atom. The van der Waals surface area contributed by atoms with E-state index < -0.39 is 12.1 Å². The monoisotopic (exact) mass is 441 g/mol. The van der Waals surface area contributed by atoms with Crippen LogP contribution in [0.25, 0.3) is 0 Å². The molecular weight excluding hydrogens is 419 g/mol. The largest absolute Gasteiger partial charge is 0.490 e. The maximum absolute atomic E-state index is 12.7. The number of ether oxygens (including phenoxy) is 1. The summed E-state index contributed by atoms with van der Waals surface area (Å²) in [5, 5.41) is 11.0. The molecular formula is C20H22F3N3O5. The molecule has 1 aliphatic heterocycles. The molecule has 0 bridgehead atoms. The highest BCUT2D eigenvalue weighted by molar-refractivity contribution is 5.92. The van der Waals surface area contributed by atoms with Crippen molar-refractivity contribution in [3.8, 4) is 5.88 Å². The molecule has 1 N–H and O–H groups in total. The molecule has 31 heavy (non-hydrogen) atoms. The third-order valence-electron chi connectivity index (χ3n) is 5.56. The van der Waals surface area contributed by atoms with Gasteiger partial charge in [0.2, 0.25) is 5.88 Å². The zero-order valence-corrected chi connectivity index (χ0v) is 16.8. The zero-order chi connectivity index (χ0) is 22.6. The number of carbonyl (C=O) groups excluding carboxylic acids is 1. The minimum atomic E-state index is -5.08. The van der Waals surface area contributed by atoms with Crippen LogP contribution in [-0.4, -0.2) is 57.9 Å². The zero-order valence-electron chi connectivity index (χ0n) is 16.8. The molecule has 0 spiro atoms. The van der Waals surface area contributed by atoms with Gasteiger partial charge in [-0.3, -0.25) is 4.79 Å². The Kier molecular flexibility index (Phi) is 6.51. The van der Waals surface area contributed by atoms with Crippen molar-refractivity contribution >= 4 is 11.9 Å². The number of carbonyl (C=O) groups is 2. The number of carboxylic acid groups (broad SMARTS) is 1. The fraction of sp³-hybridized carbons (Fsp3) is 0.500. The van der Waals surface area contributed by atoms with Gasteiger partial charge in [-0.25, -0.2) is 9.78 Å². The van der Waals surface area contributed by atoms with Gasteiger partial charge in [0.15, 0.2) is 5.69 Å². The lowest BCUT2D eigenvalue weighted by molar-refractivity contribution is -0.192. The molecule has 1 aliphatic carbocycles. The van der Waals surface area contributed by atoms with Crippen molar-refractivity contribution in [1.29, 1.82) is 0 Å². The SMILES string of the molecule is Cc1cc(C(=O)N2C[C@H]3CCC[C@@]3(COc3ccccn3)C2)no1.O=C(O)C(F)(F)F. The minimum absolute atomic E-state index is 0.0337. The van der Waals surface area contributed by atoms with Crippen LogP contribution in [0.2, 0.25) is 0 Å².